The molecule has 0 aliphatic carbocycles. The van der Waals surface area contributed by atoms with E-state index >= 15 is 0 Å². The fourth-order valence-corrected chi connectivity index (χ4v) is 3.14. The number of rotatable bonds is 2. The largest absolute Gasteiger partial charge is 0.496 e. The number of hydrogen-bond acceptors (Lipinski definition) is 3. The van der Waals surface area contributed by atoms with Crippen LogP contribution in [0.2, 0.25) is 0 Å². The van der Waals surface area contributed by atoms with Crippen molar-refractivity contribution in [2.45, 2.75) is 0 Å². The molecule has 2 N–H and O–H groups in total. The quantitative estimate of drug-likeness (QED) is 0.609. The summed E-state index contributed by atoms with van der Waals surface area (Å²) in [4.78, 5) is 4.41. The lowest BCUT2D eigenvalue weighted by Crippen LogP contribution is -2.00. The van der Waals surface area contributed by atoms with Gasteiger partial charge in [0, 0.05) is 3.57 Å². The molecular formula is C14H11BrIN3O. The Morgan fingerprint density at radius 2 is 2.05 bits per heavy atom. The summed E-state index contributed by atoms with van der Waals surface area (Å²) in [7, 11) is 1.64. The van der Waals surface area contributed by atoms with Gasteiger partial charge >= 0.3 is 0 Å². The maximum absolute atomic E-state index is 6.06. The van der Waals surface area contributed by atoms with Gasteiger partial charge in [0.15, 0.2) is 0 Å². The highest BCUT2D eigenvalue weighted by molar-refractivity contribution is 14.1. The normalized spacial score (nSPS) is 10.9. The van der Waals surface area contributed by atoms with E-state index < -0.39 is 0 Å². The van der Waals surface area contributed by atoms with Crippen molar-refractivity contribution in [3.63, 3.8) is 0 Å². The fraction of sp³-hybridized carbons (Fsp3) is 0.0714. The summed E-state index contributed by atoms with van der Waals surface area (Å²) < 4.78 is 9.19. The lowest BCUT2D eigenvalue weighted by Gasteiger charge is -2.09. The Balaban J connectivity index is 2.23. The molecule has 0 atom stereocenters. The standard InChI is InChI=1S/C14H11BrIN3O/c1-20-13-5-3-9(7-10(13)15)19-12-4-2-8(16)6-11(12)18-14(19)17/h2-7H,1H3,(H2,17,18). The minimum absolute atomic E-state index is 0.471. The minimum atomic E-state index is 0.471. The summed E-state index contributed by atoms with van der Waals surface area (Å²) >= 11 is 5.76. The first-order valence-corrected chi connectivity index (χ1v) is 7.74. The van der Waals surface area contributed by atoms with E-state index in [1.807, 2.05) is 41.0 Å². The van der Waals surface area contributed by atoms with E-state index in [9.17, 15) is 0 Å². The summed E-state index contributed by atoms with van der Waals surface area (Å²) in [6, 6.07) is 11.9. The van der Waals surface area contributed by atoms with Crippen LogP contribution in [0, 0.1) is 3.57 Å². The van der Waals surface area contributed by atoms with Gasteiger partial charge in [0.2, 0.25) is 5.95 Å². The van der Waals surface area contributed by atoms with Crippen molar-refractivity contribution in [1.29, 1.82) is 0 Å². The molecule has 20 heavy (non-hydrogen) atoms. The van der Waals surface area contributed by atoms with Crippen LogP contribution < -0.4 is 10.5 Å². The number of methoxy groups -OCH3 is 1. The molecule has 0 amide bonds. The van der Waals surface area contributed by atoms with Crippen molar-refractivity contribution in [1.82, 2.24) is 9.55 Å². The molecule has 1 aromatic heterocycles. The van der Waals surface area contributed by atoms with E-state index in [1.165, 1.54) is 0 Å². The highest BCUT2D eigenvalue weighted by atomic mass is 127. The van der Waals surface area contributed by atoms with Crippen LogP contribution >= 0.6 is 38.5 Å². The molecule has 0 unspecified atom stereocenters. The van der Waals surface area contributed by atoms with Gasteiger partial charge in [-0.25, -0.2) is 4.98 Å². The Kier molecular flexibility index (Phi) is 3.59. The summed E-state index contributed by atoms with van der Waals surface area (Å²) in [5.41, 5.74) is 8.88. The van der Waals surface area contributed by atoms with Crippen molar-refractivity contribution in [2.75, 3.05) is 12.8 Å². The smallest absolute Gasteiger partial charge is 0.205 e. The number of nitrogen functional groups attached to an aromatic ring is 1. The molecule has 0 saturated heterocycles. The van der Waals surface area contributed by atoms with Crippen LogP contribution in [0.15, 0.2) is 40.9 Å². The monoisotopic (exact) mass is 443 g/mol. The summed E-state index contributed by atoms with van der Waals surface area (Å²) in [6.45, 7) is 0. The van der Waals surface area contributed by atoms with E-state index in [0.717, 1.165) is 30.5 Å². The van der Waals surface area contributed by atoms with Gasteiger partial charge < -0.3 is 10.5 Å². The van der Waals surface area contributed by atoms with E-state index in [-0.39, 0.29) is 0 Å². The molecular weight excluding hydrogens is 433 g/mol. The Bertz CT molecular complexity index is 800. The topological polar surface area (TPSA) is 53.1 Å². The Labute approximate surface area is 138 Å². The molecule has 102 valence electrons. The third-order valence-electron chi connectivity index (χ3n) is 3.04. The van der Waals surface area contributed by atoms with Gasteiger partial charge in [0.1, 0.15) is 5.75 Å². The number of ether oxygens (including phenoxy) is 1. The second-order valence-electron chi connectivity index (χ2n) is 4.26. The SMILES string of the molecule is COc1ccc(-n2c(N)nc3cc(I)ccc32)cc1Br. The maximum Gasteiger partial charge on any atom is 0.205 e. The zero-order chi connectivity index (χ0) is 14.3. The van der Waals surface area contributed by atoms with Crippen LogP contribution in [0.25, 0.3) is 16.7 Å². The van der Waals surface area contributed by atoms with Gasteiger partial charge in [0.25, 0.3) is 0 Å². The second-order valence-corrected chi connectivity index (χ2v) is 6.36. The van der Waals surface area contributed by atoms with Crippen LogP contribution in [0.5, 0.6) is 5.75 Å². The minimum Gasteiger partial charge on any atom is -0.496 e. The lowest BCUT2D eigenvalue weighted by atomic mass is 10.2. The molecule has 0 aliphatic heterocycles. The molecule has 2 aromatic carbocycles. The molecule has 0 fully saturated rings. The summed E-state index contributed by atoms with van der Waals surface area (Å²) in [5.74, 6) is 1.25. The summed E-state index contributed by atoms with van der Waals surface area (Å²) in [6.07, 6.45) is 0. The van der Waals surface area contributed by atoms with Crippen molar-refractivity contribution >= 4 is 55.5 Å². The van der Waals surface area contributed by atoms with Gasteiger partial charge in [-0.3, -0.25) is 4.57 Å². The number of hydrogen-bond donors (Lipinski definition) is 1. The van der Waals surface area contributed by atoms with Gasteiger partial charge in [-0.15, -0.1) is 0 Å². The number of benzene rings is 2. The second kappa shape index (κ2) is 5.25. The Morgan fingerprint density at radius 3 is 2.75 bits per heavy atom. The lowest BCUT2D eigenvalue weighted by molar-refractivity contribution is 0.412. The number of fused-ring (bicyclic) bond motifs is 1. The van der Waals surface area contributed by atoms with Crippen LogP contribution in [0.4, 0.5) is 5.95 Å². The fourth-order valence-electron chi connectivity index (χ4n) is 2.14. The zero-order valence-electron chi connectivity index (χ0n) is 10.6. The third kappa shape index (κ3) is 2.26. The molecule has 1 heterocycles. The van der Waals surface area contributed by atoms with E-state index in [2.05, 4.69) is 43.5 Å². The number of anilines is 1. The number of nitrogens with two attached hydrogens (primary N) is 1. The van der Waals surface area contributed by atoms with Crippen molar-refractivity contribution in [3.05, 3.63) is 44.4 Å². The van der Waals surface area contributed by atoms with Crippen molar-refractivity contribution < 1.29 is 4.74 Å². The number of aromatic nitrogens is 2. The van der Waals surface area contributed by atoms with E-state index in [4.69, 9.17) is 10.5 Å². The Morgan fingerprint density at radius 1 is 1.25 bits per heavy atom. The van der Waals surface area contributed by atoms with Crippen LogP contribution in [0.1, 0.15) is 0 Å². The van der Waals surface area contributed by atoms with E-state index in [1.54, 1.807) is 7.11 Å². The molecule has 3 rings (SSSR count). The average Bonchev–Trinajstić information content (AvgIpc) is 2.73. The van der Waals surface area contributed by atoms with Gasteiger partial charge in [-0.2, -0.15) is 0 Å². The number of halogens is 2. The molecule has 3 aromatic rings. The predicted octanol–water partition coefficient (Wildman–Crippen LogP) is 3.98. The first-order valence-electron chi connectivity index (χ1n) is 5.87. The summed E-state index contributed by atoms with van der Waals surface area (Å²) in [5, 5.41) is 0. The van der Waals surface area contributed by atoms with Crippen LogP contribution in [-0.4, -0.2) is 16.7 Å². The van der Waals surface area contributed by atoms with Gasteiger partial charge in [-0.1, -0.05) is 0 Å². The van der Waals surface area contributed by atoms with Gasteiger partial charge in [-0.05, 0) is 74.9 Å². The molecule has 0 bridgehead atoms. The predicted molar refractivity (Wildman–Crippen MR) is 92.5 cm³/mol. The molecule has 4 nitrogen and oxygen atoms in total. The Hall–Kier alpha value is -1.28. The number of imidazole rings is 1. The maximum atomic E-state index is 6.06. The molecule has 6 heteroatoms. The highest BCUT2D eigenvalue weighted by Gasteiger charge is 2.11. The van der Waals surface area contributed by atoms with E-state index in [0.29, 0.717) is 5.95 Å². The third-order valence-corrected chi connectivity index (χ3v) is 4.33. The number of nitrogens with zero attached hydrogens (tertiary/aromatic N) is 2. The first-order chi connectivity index (χ1) is 9.60. The molecule has 0 spiro atoms. The van der Waals surface area contributed by atoms with Gasteiger partial charge in [0.05, 0.1) is 28.3 Å². The first kappa shape index (κ1) is 13.7. The average molecular weight is 444 g/mol. The van der Waals surface area contributed by atoms with Crippen molar-refractivity contribution in [2.24, 2.45) is 0 Å². The highest BCUT2D eigenvalue weighted by Crippen LogP contribution is 2.30. The van der Waals surface area contributed by atoms with Crippen LogP contribution in [0.3, 0.4) is 0 Å². The zero-order valence-corrected chi connectivity index (χ0v) is 14.3. The molecule has 0 saturated carbocycles. The molecule has 0 aliphatic rings. The molecule has 0 radical (unpaired) electrons. The van der Waals surface area contributed by atoms with Crippen LogP contribution in [-0.2, 0) is 0 Å². The van der Waals surface area contributed by atoms with Crippen molar-refractivity contribution in [3.8, 4) is 11.4 Å².